The Morgan fingerprint density at radius 2 is 1.77 bits per heavy atom. The Kier molecular flexibility index (Phi) is 8.13. The number of rotatable bonds is 7. The number of carbonyl (C=O) groups excluding carboxylic acids is 3. The van der Waals surface area contributed by atoms with Gasteiger partial charge in [0.2, 0.25) is 5.91 Å². The molecule has 0 aromatic rings. The first kappa shape index (κ1) is 34.8. The number of primary amides is 1. The van der Waals surface area contributed by atoms with Gasteiger partial charge in [-0.2, -0.15) is 0 Å². The summed E-state index contributed by atoms with van der Waals surface area (Å²) in [7, 11) is 0. The van der Waals surface area contributed by atoms with Gasteiger partial charge in [-0.15, -0.1) is 0 Å². The number of Topliss-reactive ketones (excluding diaryl/α,β-unsaturated/α-hetero) is 1. The van der Waals surface area contributed by atoms with Crippen LogP contribution in [0.1, 0.15) is 107 Å². The molecule has 2 spiro atoms. The van der Waals surface area contributed by atoms with Crippen LogP contribution in [0.2, 0.25) is 0 Å². The lowest BCUT2D eigenvalue weighted by molar-refractivity contribution is -0.246. The van der Waals surface area contributed by atoms with Crippen molar-refractivity contribution in [3.05, 3.63) is 0 Å². The van der Waals surface area contributed by atoms with Gasteiger partial charge in [0, 0.05) is 24.8 Å². The Labute approximate surface area is 286 Å². The van der Waals surface area contributed by atoms with Crippen molar-refractivity contribution < 1.29 is 38.4 Å². The minimum Gasteiger partial charge on any atom is -0.457 e. The third kappa shape index (κ3) is 4.77. The van der Waals surface area contributed by atoms with Gasteiger partial charge in [-0.3, -0.25) is 19.3 Å². The molecule has 0 aromatic carbocycles. The molecule has 0 bridgehead atoms. The lowest BCUT2D eigenvalue weighted by Crippen LogP contribution is -2.60. The molecule has 1 unspecified atom stereocenters. The molecule has 13 atom stereocenters. The topological polar surface area (TPSA) is 138 Å². The lowest BCUT2D eigenvalue weighted by atomic mass is 9.41. The number of carbonyl (C=O) groups is 3. The third-order valence-corrected chi connectivity index (χ3v) is 15.6. The van der Waals surface area contributed by atoms with Gasteiger partial charge >= 0.3 is 5.97 Å². The van der Waals surface area contributed by atoms with Gasteiger partial charge in [0.1, 0.15) is 6.10 Å². The van der Waals surface area contributed by atoms with E-state index in [1.54, 1.807) is 13.8 Å². The Morgan fingerprint density at radius 1 is 1.08 bits per heavy atom. The lowest BCUT2D eigenvalue weighted by Gasteiger charge is -2.62. The minimum atomic E-state index is -1.30. The first-order chi connectivity index (χ1) is 22.3. The molecular weight excluding hydrogens is 612 g/mol. The maximum atomic E-state index is 15.0. The highest BCUT2D eigenvalue weighted by Crippen LogP contribution is 2.89. The van der Waals surface area contributed by atoms with Crippen LogP contribution in [0.4, 0.5) is 0 Å². The van der Waals surface area contributed by atoms with Crippen LogP contribution in [0.25, 0.3) is 0 Å². The van der Waals surface area contributed by atoms with Gasteiger partial charge in [0.05, 0.1) is 37.5 Å². The number of ketones is 1. The molecular formula is C38H60N2O8. The summed E-state index contributed by atoms with van der Waals surface area (Å²) in [6, 6.07) is 0. The zero-order chi connectivity index (χ0) is 34.8. The van der Waals surface area contributed by atoms with Gasteiger partial charge in [-0.1, -0.05) is 34.6 Å². The molecule has 7 rings (SSSR count). The molecule has 7 fully saturated rings. The molecule has 0 radical (unpaired) electrons. The highest BCUT2D eigenvalue weighted by atomic mass is 16.7. The number of nitrogens with two attached hydrogens (primary N) is 1. The van der Waals surface area contributed by atoms with Gasteiger partial charge < -0.3 is 29.8 Å². The van der Waals surface area contributed by atoms with Crippen LogP contribution in [-0.2, 0) is 33.3 Å². The first-order valence-electron chi connectivity index (χ1n) is 18.7. The van der Waals surface area contributed by atoms with E-state index in [2.05, 4.69) is 34.6 Å². The van der Waals surface area contributed by atoms with Crippen molar-refractivity contribution in [1.29, 1.82) is 0 Å². The zero-order valence-corrected chi connectivity index (χ0v) is 30.5. The predicted octanol–water partition coefficient (Wildman–Crippen LogP) is 4.24. The van der Waals surface area contributed by atoms with Gasteiger partial charge in [-0.05, 0) is 105 Å². The molecule has 2 heterocycles. The van der Waals surface area contributed by atoms with Crippen LogP contribution in [0.15, 0.2) is 0 Å². The molecule has 5 saturated carbocycles. The van der Waals surface area contributed by atoms with E-state index in [0.29, 0.717) is 38.0 Å². The van der Waals surface area contributed by atoms with Gasteiger partial charge in [-0.25, -0.2) is 0 Å². The summed E-state index contributed by atoms with van der Waals surface area (Å²) >= 11 is 0. The molecule has 7 aliphatic rings. The van der Waals surface area contributed by atoms with E-state index in [-0.39, 0.29) is 64.1 Å². The van der Waals surface area contributed by atoms with E-state index in [4.69, 9.17) is 24.7 Å². The normalized spacial score (nSPS) is 48.6. The van der Waals surface area contributed by atoms with Crippen molar-refractivity contribution in [3.63, 3.8) is 0 Å². The number of esters is 1. The maximum Gasteiger partial charge on any atom is 0.303 e. The molecule has 270 valence electrons. The summed E-state index contributed by atoms with van der Waals surface area (Å²) in [4.78, 5) is 40.6. The van der Waals surface area contributed by atoms with E-state index in [0.717, 1.165) is 38.5 Å². The van der Waals surface area contributed by atoms with Crippen LogP contribution < -0.4 is 5.73 Å². The average molecular weight is 673 g/mol. The van der Waals surface area contributed by atoms with E-state index >= 15 is 0 Å². The standard InChI is InChI=1S/C38H60N2O8/c1-21-17-23(32(34(5,6)44)46-22(2)41)47-30-29(21)35(7)13-14-38-20-37(38)12-11-26(48-28-19-40(15-16-45-28)18-27(39)42)33(3,4)24(37)9-10-25(38)36(35,8)31(30)43/h21,23-26,28-30,32,44H,9-20H2,1-8H3,(H2,39,42)/t21-,23-,24+,25+,26+,28+,29+,30?,32+,35-,36-,37-,38+/m1/s1. The predicted molar refractivity (Wildman–Crippen MR) is 177 cm³/mol. The second kappa shape index (κ2) is 11.2. The monoisotopic (exact) mass is 672 g/mol. The summed E-state index contributed by atoms with van der Waals surface area (Å²) in [5, 5.41) is 11.0. The van der Waals surface area contributed by atoms with Crippen LogP contribution in [-0.4, -0.2) is 90.2 Å². The number of nitrogens with zero attached hydrogens (tertiary/aromatic N) is 1. The molecule has 48 heavy (non-hydrogen) atoms. The molecule has 3 N–H and O–H groups in total. The number of hydrogen-bond donors (Lipinski definition) is 2. The summed E-state index contributed by atoms with van der Waals surface area (Å²) < 4.78 is 25.2. The van der Waals surface area contributed by atoms with E-state index < -0.39 is 35.3 Å². The first-order valence-corrected chi connectivity index (χ1v) is 18.7. The second-order valence-electron chi connectivity index (χ2n) is 18.7. The Morgan fingerprint density at radius 3 is 2.44 bits per heavy atom. The second-order valence-corrected chi connectivity index (χ2v) is 18.7. The Balaban J connectivity index is 1.12. The molecule has 5 aliphatic carbocycles. The maximum absolute atomic E-state index is 15.0. The van der Waals surface area contributed by atoms with Crippen LogP contribution in [0.5, 0.6) is 0 Å². The fraction of sp³-hybridized carbons (Fsp3) is 0.921. The van der Waals surface area contributed by atoms with E-state index in [1.165, 1.54) is 13.3 Å². The van der Waals surface area contributed by atoms with Crippen LogP contribution in [0, 0.1) is 50.7 Å². The van der Waals surface area contributed by atoms with Crippen molar-refractivity contribution >= 4 is 17.7 Å². The molecule has 1 amide bonds. The quantitative estimate of drug-likeness (QED) is 0.381. The Bertz CT molecular complexity index is 1350. The summed E-state index contributed by atoms with van der Waals surface area (Å²) in [5.41, 5.74) is 3.83. The van der Waals surface area contributed by atoms with E-state index in [9.17, 15) is 19.5 Å². The third-order valence-electron chi connectivity index (χ3n) is 15.6. The Hall–Kier alpha value is -1.59. The highest BCUT2D eigenvalue weighted by molar-refractivity contribution is 5.93. The fourth-order valence-corrected chi connectivity index (χ4v) is 13.6. The molecule has 10 heteroatoms. The van der Waals surface area contributed by atoms with Crippen molar-refractivity contribution in [3.8, 4) is 0 Å². The number of amides is 1. The van der Waals surface area contributed by atoms with Crippen LogP contribution >= 0.6 is 0 Å². The van der Waals surface area contributed by atoms with Gasteiger partial charge in [0.15, 0.2) is 18.2 Å². The van der Waals surface area contributed by atoms with Crippen LogP contribution in [0.3, 0.4) is 0 Å². The van der Waals surface area contributed by atoms with E-state index in [1.807, 2.05) is 4.90 Å². The SMILES string of the molecule is CC(=O)O[C@@H]([C@H]1C[C@@H](C)[C@H]2C(O1)C(=O)[C@@]1(C)[C@@H]3CC[C@H]4C(C)(C)[C@@H](O[C@H]5CN(CC(N)=O)CCO5)CC[C@@]45C[C@@]35CC[C@]21C)C(C)(C)O. The summed E-state index contributed by atoms with van der Waals surface area (Å²) in [6.07, 6.45) is 5.97. The minimum absolute atomic E-state index is 0.0506. The number of hydrogen-bond acceptors (Lipinski definition) is 9. The number of aliphatic hydroxyl groups is 1. The molecule has 10 nitrogen and oxygen atoms in total. The molecule has 0 aromatic heterocycles. The van der Waals surface area contributed by atoms with Crippen molar-refractivity contribution in [2.75, 3.05) is 26.2 Å². The van der Waals surface area contributed by atoms with Crippen molar-refractivity contribution in [1.82, 2.24) is 4.90 Å². The number of morpholine rings is 1. The molecule has 2 aliphatic heterocycles. The summed E-state index contributed by atoms with van der Waals surface area (Å²) in [6.45, 7) is 18.3. The highest BCUT2D eigenvalue weighted by Gasteiger charge is 2.85. The van der Waals surface area contributed by atoms with Crippen molar-refractivity contribution in [2.24, 2.45) is 56.5 Å². The van der Waals surface area contributed by atoms with Crippen molar-refractivity contribution in [2.45, 2.75) is 143 Å². The largest absolute Gasteiger partial charge is 0.457 e. The fourth-order valence-electron chi connectivity index (χ4n) is 13.6. The number of fused-ring (bicyclic) bond motifs is 4. The zero-order valence-electron chi connectivity index (χ0n) is 30.5. The number of ether oxygens (including phenoxy) is 4. The summed E-state index contributed by atoms with van der Waals surface area (Å²) in [5.74, 6) is 0.556. The smallest absolute Gasteiger partial charge is 0.303 e. The average Bonchev–Trinajstić information content (AvgIpc) is 3.61. The molecule has 2 saturated heterocycles. The van der Waals surface area contributed by atoms with Gasteiger partial charge in [0.25, 0.3) is 0 Å².